The topological polar surface area (TPSA) is 97.1 Å². The van der Waals surface area contributed by atoms with Gasteiger partial charge in [0.1, 0.15) is 18.0 Å². The maximum atomic E-state index is 15.0. The fourth-order valence-corrected chi connectivity index (χ4v) is 6.20. The molecule has 224 valence electrons. The van der Waals surface area contributed by atoms with Crippen molar-refractivity contribution in [2.75, 3.05) is 18.0 Å². The molecule has 1 amide bonds. The van der Waals surface area contributed by atoms with E-state index in [1.165, 1.54) is 23.0 Å². The van der Waals surface area contributed by atoms with Gasteiger partial charge in [0, 0.05) is 30.7 Å². The summed E-state index contributed by atoms with van der Waals surface area (Å²) in [4.78, 5) is 49.0. The number of amides is 1. The molecule has 0 N–H and O–H groups in total. The Hall–Kier alpha value is -4.18. The van der Waals surface area contributed by atoms with E-state index in [1.54, 1.807) is 29.2 Å². The largest absolute Gasteiger partial charge is 0.355 e. The highest BCUT2D eigenvalue weighted by Crippen LogP contribution is 2.36. The van der Waals surface area contributed by atoms with Crippen molar-refractivity contribution in [2.45, 2.75) is 65.5 Å². The van der Waals surface area contributed by atoms with Crippen molar-refractivity contribution in [2.24, 2.45) is 0 Å². The predicted octanol–water partition coefficient (Wildman–Crippen LogP) is 5.55. The number of carbonyl (C=O) groups excluding carboxylic acids is 1. The maximum absolute atomic E-state index is 15.0. The Labute approximate surface area is 255 Å². The van der Waals surface area contributed by atoms with Gasteiger partial charge >= 0.3 is 5.69 Å². The molecule has 9 nitrogen and oxygen atoms in total. The summed E-state index contributed by atoms with van der Waals surface area (Å²) in [6.45, 7) is 12.5. The number of piperazine rings is 1. The molecule has 2 atom stereocenters. The number of halogens is 2. The number of rotatable bonds is 8. The monoisotopic (exact) mass is 603 g/mol. The fourth-order valence-electron chi connectivity index (χ4n) is 5.95. The molecule has 1 saturated heterocycles. The van der Waals surface area contributed by atoms with Crippen LogP contribution >= 0.6 is 11.6 Å². The highest BCUT2D eigenvalue weighted by molar-refractivity contribution is 6.33. The first-order valence-corrected chi connectivity index (χ1v) is 15.0. The smallest absolute Gasteiger partial charge is 0.347 e. The zero-order valence-electron chi connectivity index (χ0n) is 24.8. The summed E-state index contributed by atoms with van der Waals surface area (Å²) in [5, 5.41) is 0.749. The molecule has 1 aliphatic rings. The van der Waals surface area contributed by atoms with E-state index in [4.69, 9.17) is 16.6 Å². The summed E-state index contributed by atoms with van der Waals surface area (Å²) in [6.07, 6.45) is 5.67. The Morgan fingerprint density at radius 1 is 1.07 bits per heavy atom. The predicted molar refractivity (Wildman–Crippen MR) is 167 cm³/mol. The Morgan fingerprint density at radius 2 is 1.70 bits per heavy atom. The molecular weight excluding hydrogens is 569 g/mol. The summed E-state index contributed by atoms with van der Waals surface area (Å²) in [6, 6.07) is 7.60. The number of pyridine rings is 1. The van der Waals surface area contributed by atoms with Crippen molar-refractivity contribution >= 4 is 34.4 Å². The molecule has 1 aromatic carbocycles. The second-order valence-corrected chi connectivity index (χ2v) is 11.3. The molecule has 3 aromatic heterocycles. The Kier molecular flexibility index (Phi) is 8.87. The lowest BCUT2D eigenvalue weighted by Crippen LogP contribution is -2.58. The van der Waals surface area contributed by atoms with Gasteiger partial charge in [-0.05, 0) is 51.0 Å². The van der Waals surface area contributed by atoms with Crippen molar-refractivity contribution in [1.29, 1.82) is 0 Å². The van der Waals surface area contributed by atoms with Crippen LogP contribution in [0.3, 0.4) is 0 Å². The van der Waals surface area contributed by atoms with Gasteiger partial charge in [0.2, 0.25) is 5.91 Å². The quantitative estimate of drug-likeness (QED) is 0.244. The number of nitrogens with zero attached hydrogens (tertiary/aromatic N) is 7. The standard InChI is InChI=1S/C32H35ClFN7O2/c1-6-11-25-29(26(12-7-2)36-18-35-25)41-30-22(15-23(33)28(37-30)21-13-9-10-14-24(21)34)31(38-32(41)43)40-19(4)16-39(17-20(40)5)27(42)8-3/h8-10,13-15,18-20H,3,6-7,11-12,16-17H2,1-2,4-5H3/t19-,20-/m1/s1. The van der Waals surface area contributed by atoms with Crippen LogP contribution in [-0.2, 0) is 17.6 Å². The average molecular weight is 604 g/mol. The van der Waals surface area contributed by atoms with E-state index in [0.29, 0.717) is 54.2 Å². The van der Waals surface area contributed by atoms with Crippen LogP contribution in [0.1, 0.15) is 51.9 Å². The summed E-state index contributed by atoms with van der Waals surface area (Å²) in [5.74, 6) is -0.227. The van der Waals surface area contributed by atoms with Crippen LogP contribution in [0.25, 0.3) is 28.0 Å². The van der Waals surface area contributed by atoms with E-state index in [2.05, 4.69) is 21.5 Å². The second kappa shape index (κ2) is 12.6. The number of aryl methyl sites for hydroxylation is 2. The van der Waals surface area contributed by atoms with Gasteiger partial charge in [-0.25, -0.2) is 28.7 Å². The molecule has 4 aromatic rings. The third-order valence-corrected chi connectivity index (χ3v) is 8.04. The summed E-state index contributed by atoms with van der Waals surface area (Å²) in [7, 11) is 0. The van der Waals surface area contributed by atoms with Crippen LogP contribution < -0.4 is 10.6 Å². The lowest BCUT2D eigenvalue weighted by Gasteiger charge is -2.45. The molecule has 0 aliphatic carbocycles. The molecular formula is C32H35ClFN7O2. The highest BCUT2D eigenvalue weighted by atomic mass is 35.5. The SMILES string of the molecule is C=CC(=O)N1C[C@@H](C)N(c2nc(=O)n(-c3c(CCC)ncnc3CCC)c3nc(-c4ccccc4F)c(Cl)cc23)[C@H](C)C1. The van der Waals surface area contributed by atoms with Crippen molar-refractivity contribution in [3.05, 3.63) is 82.0 Å². The van der Waals surface area contributed by atoms with Crippen LogP contribution in [-0.4, -0.2) is 60.5 Å². The summed E-state index contributed by atoms with van der Waals surface area (Å²) >= 11 is 6.83. The van der Waals surface area contributed by atoms with Gasteiger partial charge in [0.25, 0.3) is 0 Å². The Bertz CT molecular complexity index is 1720. The minimum Gasteiger partial charge on any atom is -0.347 e. The molecule has 5 rings (SSSR count). The summed E-state index contributed by atoms with van der Waals surface area (Å²) in [5.41, 5.74) is 2.14. The highest BCUT2D eigenvalue weighted by Gasteiger charge is 2.34. The van der Waals surface area contributed by atoms with E-state index >= 15 is 4.39 Å². The lowest BCUT2D eigenvalue weighted by molar-refractivity contribution is -0.127. The van der Waals surface area contributed by atoms with Gasteiger partial charge in [-0.1, -0.05) is 57.0 Å². The molecule has 0 saturated carbocycles. The molecule has 0 bridgehead atoms. The fraction of sp³-hybridized carbons (Fsp3) is 0.375. The van der Waals surface area contributed by atoms with Gasteiger partial charge in [-0.15, -0.1) is 0 Å². The molecule has 4 heterocycles. The van der Waals surface area contributed by atoms with Gasteiger partial charge in [-0.2, -0.15) is 4.98 Å². The van der Waals surface area contributed by atoms with Gasteiger partial charge in [-0.3, -0.25) is 4.79 Å². The van der Waals surface area contributed by atoms with Crippen molar-refractivity contribution in [3.63, 3.8) is 0 Å². The maximum Gasteiger partial charge on any atom is 0.355 e. The number of carbonyl (C=O) groups is 1. The van der Waals surface area contributed by atoms with E-state index in [1.807, 2.05) is 32.6 Å². The van der Waals surface area contributed by atoms with Crippen molar-refractivity contribution in [1.82, 2.24) is 29.4 Å². The van der Waals surface area contributed by atoms with E-state index < -0.39 is 11.5 Å². The average Bonchev–Trinajstić information content (AvgIpc) is 2.98. The third kappa shape index (κ3) is 5.63. The minimum atomic E-state index is -0.551. The van der Waals surface area contributed by atoms with Crippen molar-refractivity contribution in [3.8, 4) is 16.9 Å². The number of fused-ring (bicyclic) bond motifs is 1. The van der Waals surface area contributed by atoms with E-state index in [9.17, 15) is 9.59 Å². The van der Waals surface area contributed by atoms with Gasteiger partial charge in [0.15, 0.2) is 5.65 Å². The number of benzene rings is 1. The van der Waals surface area contributed by atoms with Crippen LogP contribution in [0, 0.1) is 5.82 Å². The number of hydrogen-bond donors (Lipinski definition) is 0. The molecule has 0 spiro atoms. The van der Waals surface area contributed by atoms with Crippen LogP contribution in [0.2, 0.25) is 5.02 Å². The first kappa shape index (κ1) is 30.3. The zero-order valence-corrected chi connectivity index (χ0v) is 25.6. The molecule has 0 radical (unpaired) electrons. The van der Waals surface area contributed by atoms with Crippen LogP contribution in [0.5, 0.6) is 0 Å². The molecule has 0 unspecified atom stereocenters. The molecule has 1 fully saturated rings. The number of anilines is 1. The number of hydrogen-bond acceptors (Lipinski definition) is 7. The minimum absolute atomic E-state index is 0.151. The first-order chi connectivity index (χ1) is 20.7. The van der Waals surface area contributed by atoms with Crippen LogP contribution in [0.4, 0.5) is 10.2 Å². The Balaban J connectivity index is 1.84. The molecule has 43 heavy (non-hydrogen) atoms. The third-order valence-electron chi connectivity index (χ3n) is 7.75. The second-order valence-electron chi connectivity index (χ2n) is 10.9. The lowest BCUT2D eigenvalue weighted by atomic mass is 10.1. The van der Waals surface area contributed by atoms with Gasteiger partial charge < -0.3 is 9.80 Å². The molecule has 1 aliphatic heterocycles. The van der Waals surface area contributed by atoms with E-state index in [-0.39, 0.29) is 39.9 Å². The Morgan fingerprint density at radius 3 is 2.28 bits per heavy atom. The van der Waals surface area contributed by atoms with Crippen LogP contribution in [0.15, 0.2) is 54.1 Å². The zero-order chi connectivity index (χ0) is 30.8. The first-order valence-electron chi connectivity index (χ1n) is 14.6. The normalized spacial score (nSPS) is 17.0. The van der Waals surface area contributed by atoms with Gasteiger partial charge in [0.05, 0.1) is 33.2 Å². The summed E-state index contributed by atoms with van der Waals surface area (Å²) < 4.78 is 16.5. The van der Waals surface area contributed by atoms with E-state index in [0.717, 1.165) is 12.8 Å². The molecule has 11 heteroatoms. The van der Waals surface area contributed by atoms with Crippen molar-refractivity contribution < 1.29 is 9.18 Å². The number of aromatic nitrogens is 5.